The molecule has 0 radical (unpaired) electrons. The van der Waals surface area contributed by atoms with Gasteiger partial charge in [0, 0.05) is 0 Å². The Kier molecular flexibility index (Phi) is 2.58. The molecule has 0 amide bonds. The van der Waals surface area contributed by atoms with Crippen molar-refractivity contribution in [2.24, 2.45) is 0 Å². The molecular weight excluding hydrogens is 324 g/mol. The van der Waals surface area contributed by atoms with Crippen LogP contribution in [0.5, 0.6) is 0 Å². The van der Waals surface area contributed by atoms with E-state index < -0.39 is 20.2 Å². The van der Waals surface area contributed by atoms with Gasteiger partial charge in [0.05, 0.1) is 6.20 Å². The largest absolute Gasteiger partial charge is 0.502 e. The summed E-state index contributed by atoms with van der Waals surface area (Å²) in [5, 5.41) is 5.29. The van der Waals surface area contributed by atoms with E-state index in [1.54, 1.807) is 0 Å². The van der Waals surface area contributed by atoms with Crippen LogP contribution in [0.1, 0.15) is 0 Å². The number of nitrogens with zero attached hydrogens (tertiary/aromatic N) is 1. The average Bonchev–Trinajstić information content (AvgIpc) is 2.32. The van der Waals surface area contributed by atoms with Gasteiger partial charge in [-0.05, 0) is 22.6 Å². The zero-order valence-electron chi connectivity index (χ0n) is 5.76. The van der Waals surface area contributed by atoms with Gasteiger partial charge in [0.2, 0.25) is 0 Å². The second-order valence-corrected chi connectivity index (χ2v) is 4.99. The standard InChI is InChI=1S/C4H2F3IN2O2S/c5-4(6,7)13(11,12)2-1-9-10-3(2)8/h1H,(H,9,10). The van der Waals surface area contributed by atoms with Crippen LogP contribution < -0.4 is 0 Å². The van der Waals surface area contributed by atoms with Crippen molar-refractivity contribution in [1.82, 2.24) is 10.2 Å². The van der Waals surface area contributed by atoms with Crippen molar-refractivity contribution >= 4 is 32.4 Å². The smallest absolute Gasteiger partial charge is 0.271 e. The highest BCUT2D eigenvalue weighted by molar-refractivity contribution is 14.1. The molecule has 0 aromatic carbocycles. The molecule has 1 aromatic rings. The minimum absolute atomic E-state index is 0.157. The van der Waals surface area contributed by atoms with Crippen LogP contribution in [0.2, 0.25) is 0 Å². The molecule has 13 heavy (non-hydrogen) atoms. The molecule has 1 rings (SSSR count). The van der Waals surface area contributed by atoms with E-state index in [2.05, 4.69) is 10.2 Å². The van der Waals surface area contributed by atoms with Gasteiger partial charge in [0.15, 0.2) is 0 Å². The lowest BCUT2D eigenvalue weighted by atomic mass is 10.7. The number of rotatable bonds is 1. The van der Waals surface area contributed by atoms with Crippen molar-refractivity contribution in [3.63, 3.8) is 0 Å². The fourth-order valence-electron chi connectivity index (χ4n) is 0.571. The number of aromatic nitrogens is 2. The first-order valence-electron chi connectivity index (χ1n) is 2.77. The molecule has 0 saturated heterocycles. The van der Waals surface area contributed by atoms with Crippen molar-refractivity contribution in [3.05, 3.63) is 9.90 Å². The number of H-pyrrole nitrogens is 1. The number of aromatic amines is 1. The first-order valence-corrected chi connectivity index (χ1v) is 5.33. The van der Waals surface area contributed by atoms with E-state index >= 15 is 0 Å². The van der Waals surface area contributed by atoms with Crippen molar-refractivity contribution in [1.29, 1.82) is 0 Å². The second-order valence-electron chi connectivity index (χ2n) is 2.00. The van der Waals surface area contributed by atoms with E-state index in [1.807, 2.05) is 0 Å². The quantitative estimate of drug-likeness (QED) is 0.792. The Bertz CT molecular complexity index is 409. The Morgan fingerprint density at radius 2 is 2.00 bits per heavy atom. The van der Waals surface area contributed by atoms with Crippen molar-refractivity contribution in [2.75, 3.05) is 0 Å². The lowest BCUT2D eigenvalue weighted by Gasteiger charge is -2.05. The molecule has 0 saturated carbocycles. The summed E-state index contributed by atoms with van der Waals surface area (Å²) < 4.78 is 57.2. The zero-order valence-corrected chi connectivity index (χ0v) is 8.74. The monoisotopic (exact) mass is 326 g/mol. The van der Waals surface area contributed by atoms with Gasteiger partial charge in [-0.15, -0.1) is 0 Å². The minimum Gasteiger partial charge on any atom is -0.271 e. The van der Waals surface area contributed by atoms with E-state index in [0.29, 0.717) is 6.20 Å². The van der Waals surface area contributed by atoms with Crippen molar-refractivity contribution < 1.29 is 21.6 Å². The van der Waals surface area contributed by atoms with E-state index in [1.165, 1.54) is 22.6 Å². The summed E-state index contributed by atoms with van der Waals surface area (Å²) in [6.07, 6.45) is 0.630. The summed E-state index contributed by atoms with van der Waals surface area (Å²) in [7, 11) is -5.27. The Morgan fingerprint density at radius 3 is 2.31 bits per heavy atom. The summed E-state index contributed by atoms with van der Waals surface area (Å²) >= 11 is 1.42. The predicted molar refractivity (Wildman–Crippen MR) is 44.5 cm³/mol. The molecule has 1 N–H and O–H groups in total. The molecule has 0 spiro atoms. The van der Waals surface area contributed by atoms with Crippen LogP contribution in [0, 0.1) is 3.70 Å². The molecule has 0 aliphatic rings. The third kappa shape index (κ3) is 1.80. The van der Waals surface area contributed by atoms with Crippen LogP contribution in [0.3, 0.4) is 0 Å². The number of nitrogens with one attached hydrogen (secondary N) is 1. The Labute approximate surface area is 84.6 Å². The Morgan fingerprint density at radius 1 is 1.46 bits per heavy atom. The summed E-state index contributed by atoms with van der Waals surface area (Å²) in [5.74, 6) is 0. The molecule has 1 aromatic heterocycles. The zero-order chi connectivity index (χ0) is 10.3. The second kappa shape index (κ2) is 3.12. The van der Waals surface area contributed by atoms with Gasteiger partial charge < -0.3 is 0 Å². The SMILES string of the molecule is O=S(=O)(c1cn[nH]c1I)C(F)(F)F. The fourth-order valence-corrected chi connectivity index (χ4v) is 2.44. The predicted octanol–water partition coefficient (Wildman–Crippen LogP) is 1.31. The van der Waals surface area contributed by atoms with Gasteiger partial charge in [-0.3, -0.25) is 5.10 Å². The normalized spacial score (nSPS) is 13.2. The highest BCUT2D eigenvalue weighted by Gasteiger charge is 2.48. The van der Waals surface area contributed by atoms with E-state index in [4.69, 9.17) is 0 Å². The molecule has 0 aliphatic heterocycles. The van der Waals surface area contributed by atoms with Crippen molar-refractivity contribution in [2.45, 2.75) is 10.4 Å². The maximum Gasteiger partial charge on any atom is 0.502 e. The van der Waals surface area contributed by atoms with Crippen LogP contribution in [-0.2, 0) is 9.84 Å². The molecule has 1 heterocycles. The molecule has 4 nitrogen and oxygen atoms in total. The first-order chi connectivity index (χ1) is 5.77. The molecule has 0 unspecified atom stereocenters. The van der Waals surface area contributed by atoms with E-state index in [9.17, 15) is 21.6 Å². The lowest BCUT2D eigenvalue weighted by molar-refractivity contribution is -0.0436. The van der Waals surface area contributed by atoms with Gasteiger partial charge in [-0.25, -0.2) is 8.42 Å². The van der Waals surface area contributed by atoms with Gasteiger partial charge in [0.1, 0.15) is 8.60 Å². The van der Waals surface area contributed by atoms with Gasteiger partial charge in [0.25, 0.3) is 9.84 Å². The van der Waals surface area contributed by atoms with Gasteiger partial charge in [-0.1, -0.05) is 0 Å². The van der Waals surface area contributed by atoms with Crippen LogP contribution in [0.4, 0.5) is 13.2 Å². The molecule has 74 valence electrons. The number of hydrogen-bond acceptors (Lipinski definition) is 3. The Hall–Kier alpha value is -0.320. The number of sulfone groups is 1. The third-order valence-corrected chi connectivity index (χ3v) is 3.84. The number of alkyl halides is 3. The third-order valence-electron chi connectivity index (χ3n) is 1.16. The molecular formula is C4H2F3IN2O2S. The lowest BCUT2D eigenvalue weighted by Crippen LogP contribution is -2.23. The fraction of sp³-hybridized carbons (Fsp3) is 0.250. The average molecular weight is 326 g/mol. The topological polar surface area (TPSA) is 62.8 Å². The summed E-state index contributed by atoms with van der Waals surface area (Å²) in [4.78, 5) is -0.847. The Balaban J connectivity index is 3.33. The van der Waals surface area contributed by atoms with E-state index in [0.717, 1.165) is 0 Å². The maximum atomic E-state index is 11.9. The van der Waals surface area contributed by atoms with Crippen LogP contribution >= 0.6 is 22.6 Å². The van der Waals surface area contributed by atoms with Crippen LogP contribution in [0.15, 0.2) is 11.1 Å². The molecule has 0 aliphatic carbocycles. The number of halogens is 4. The summed E-state index contributed by atoms with van der Waals surface area (Å²) in [5.41, 5.74) is -5.28. The maximum absolute atomic E-state index is 11.9. The molecule has 0 atom stereocenters. The van der Waals surface area contributed by atoms with Gasteiger partial charge in [-0.2, -0.15) is 18.3 Å². The molecule has 9 heteroatoms. The molecule has 0 bridgehead atoms. The minimum atomic E-state index is -5.28. The van der Waals surface area contributed by atoms with E-state index in [-0.39, 0.29) is 3.70 Å². The summed E-state index contributed by atoms with van der Waals surface area (Å²) in [6.45, 7) is 0. The first kappa shape index (κ1) is 10.8. The van der Waals surface area contributed by atoms with Crippen LogP contribution in [-0.4, -0.2) is 24.1 Å². The highest BCUT2D eigenvalue weighted by Crippen LogP contribution is 2.31. The molecule has 0 fully saturated rings. The number of hydrogen-bond donors (Lipinski definition) is 1. The van der Waals surface area contributed by atoms with Gasteiger partial charge >= 0.3 is 5.51 Å². The van der Waals surface area contributed by atoms with Crippen LogP contribution in [0.25, 0.3) is 0 Å². The van der Waals surface area contributed by atoms with Crippen molar-refractivity contribution in [3.8, 4) is 0 Å². The highest BCUT2D eigenvalue weighted by atomic mass is 127. The summed E-state index contributed by atoms with van der Waals surface area (Å²) in [6, 6.07) is 0.